The molecule has 6 heteroatoms. The third kappa shape index (κ3) is 4.37. The quantitative estimate of drug-likeness (QED) is 0.875. The van der Waals surface area contributed by atoms with Crippen molar-refractivity contribution in [2.75, 3.05) is 20.7 Å². The van der Waals surface area contributed by atoms with Gasteiger partial charge in [-0.1, -0.05) is 29.8 Å². The molecule has 0 spiro atoms. The minimum atomic E-state index is -0.388. The summed E-state index contributed by atoms with van der Waals surface area (Å²) in [7, 11) is 2.99. The van der Waals surface area contributed by atoms with E-state index in [1.807, 2.05) is 24.3 Å². The van der Waals surface area contributed by atoms with Crippen LogP contribution in [0.2, 0.25) is 5.02 Å². The van der Waals surface area contributed by atoms with Gasteiger partial charge in [-0.15, -0.1) is 0 Å². The lowest BCUT2D eigenvalue weighted by molar-refractivity contribution is -0.121. The van der Waals surface area contributed by atoms with Crippen LogP contribution in [0.3, 0.4) is 0 Å². The molecule has 2 amide bonds. The Morgan fingerprint density at radius 2 is 2.14 bits per heavy atom. The minimum absolute atomic E-state index is 0.0119. The molecule has 1 aromatic rings. The standard InChI is InChI=1S/C16H21ClN2O3/c1-19(16(21)22-2)9-5-8-15(20)18-14-10-12(14)11-6-3-4-7-13(11)17/h3-4,6-7,12,14H,5,8-10H2,1-2H3,(H,18,20)/t12-,14-/m0/s1. The van der Waals surface area contributed by atoms with E-state index in [2.05, 4.69) is 10.1 Å². The van der Waals surface area contributed by atoms with Crippen LogP contribution in [0.25, 0.3) is 0 Å². The molecule has 0 aromatic heterocycles. The smallest absolute Gasteiger partial charge is 0.409 e. The van der Waals surface area contributed by atoms with E-state index in [9.17, 15) is 9.59 Å². The minimum Gasteiger partial charge on any atom is -0.453 e. The van der Waals surface area contributed by atoms with Crippen LogP contribution in [0.5, 0.6) is 0 Å². The molecule has 0 bridgehead atoms. The van der Waals surface area contributed by atoms with Crippen LogP contribution in [0, 0.1) is 0 Å². The number of hydrogen-bond acceptors (Lipinski definition) is 3. The fourth-order valence-electron chi connectivity index (χ4n) is 2.48. The number of halogens is 1. The molecule has 0 saturated heterocycles. The van der Waals surface area contributed by atoms with Crippen molar-refractivity contribution in [2.45, 2.75) is 31.2 Å². The van der Waals surface area contributed by atoms with Gasteiger partial charge in [0, 0.05) is 37.0 Å². The number of rotatable bonds is 6. The molecule has 1 N–H and O–H groups in total. The van der Waals surface area contributed by atoms with Gasteiger partial charge in [0.05, 0.1) is 7.11 Å². The van der Waals surface area contributed by atoms with E-state index in [1.54, 1.807) is 7.05 Å². The van der Waals surface area contributed by atoms with Gasteiger partial charge in [0.2, 0.25) is 5.91 Å². The van der Waals surface area contributed by atoms with Gasteiger partial charge in [0.1, 0.15) is 0 Å². The lowest BCUT2D eigenvalue weighted by Gasteiger charge is -2.14. The molecule has 1 aromatic carbocycles. The molecule has 22 heavy (non-hydrogen) atoms. The van der Waals surface area contributed by atoms with E-state index in [-0.39, 0.29) is 18.0 Å². The first-order chi connectivity index (χ1) is 10.5. The van der Waals surface area contributed by atoms with Gasteiger partial charge in [0.15, 0.2) is 0 Å². The highest BCUT2D eigenvalue weighted by Crippen LogP contribution is 2.43. The first-order valence-electron chi connectivity index (χ1n) is 7.35. The highest BCUT2D eigenvalue weighted by molar-refractivity contribution is 6.31. The van der Waals surface area contributed by atoms with Crippen LogP contribution in [0.1, 0.15) is 30.7 Å². The normalized spacial score (nSPS) is 19.4. The van der Waals surface area contributed by atoms with E-state index >= 15 is 0 Å². The molecule has 1 saturated carbocycles. The van der Waals surface area contributed by atoms with Gasteiger partial charge in [0.25, 0.3) is 0 Å². The van der Waals surface area contributed by atoms with Crippen molar-refractivity contribution in [1.82, 2.24) is 10.2 Å². The van der Waals surface area contributed by atoms with E-state index in [1.165, 1.54) is 12.0 Å². The molecule has 0 heterocycles. The Morgan fingerprint density at radius 3 is 2.82 bits per heavy atom. The Balaban J connectivity index is 1.69. The molecular formula is C16H21ClN2O3. The number of nitrogens with one attached hydrogen (secondary N) is 1. The second kappa shape index (κ2) is 7.49. The largest absolute Gasteiger partial charge is 0.453 e. The molecule has 2 atom stereocenters. The zero-order valence-corrected chi connectivity index (χ0v) is 13.6. The van der Waals surface area contributed by atoms with Gasteiger partial charge in [-0.2, -0.15) is 0 Å². The van der Waals surface area contributed by atoms with Crippen LogP contribution >= 0.6 is 11.6 Å². The first-order valence-corrected chi connectivity index (χ1v) is 7.73. The van der Waals surface area contributed by atoms with Crippen molar-refractivity contribution < 1.29 is 14.3 Å². The topological polar surface area (TPSA) is 58.6 Å². The fourth-order valence-corrected chi connectivity index (χ4v) is 2.75. The maximum atomic E-state index is 11.9. The Labute approximate surface area is 135 Å². The number of carbonyl (C=O) groups is 2. The summed E-state index contributed by atoms with van der Waals surface area (Å²) in [5, 5.41) is 3.77. The van der Waals surface area contributed by atoms with Crippen molar-refractivity contribution >= 4 is 23.6 Å². The number of hydrogen-bond donors (Lipinski definition) is 1. The van der Waals surface area contributed by atoms with Crippen molar-refractivity contribution in [3.8, 4) is 0 Å². The second-order valence-corrected chi connectivity index (χ2v) is 5.94. The van der Waals surface area contributed by atoms with Gasteiger partial charge in [-0.05, 0) is 24.5 Å². The average molecular weight is 325 g/mol. The Kier molecular flexibility index (Phi) is 5.66. The Hall–Kier alpha value is -1.75. The third-order valence-corrected chi connectivity index (χ3v) is 4.17. The van der Waals surface area contributed by atoms with Crippen LogP contribution in [-0.4, -0.2) is 43.6 Å². The second-order valence-electron chi connectivity index (χ2n) is 5.53. The van der Waals surface area contributed by atoms with Crippen molar-refractivity contribution in [3.63, 3.8) is 0 Å². The van der Waals surface area contributed by atoms with Crippen LogP contribution in [0.4, 0.5) is 4.79 Å². The maximum absolute atomic E-state index is 11.9. The van der Waals surface area contributed by atoms with Crippen LogP contribution < -0.4 is 5.32 Å². The molecule has 0 radical (unpaired) electrons. The lowest BCUT2D eigenvalue weighted by Crippen LogP contribution is -2.30. The highest BCUT2D eigenvalue weighted by Gasteiger charge is 2.40. The van der Waals surface area contributed by atoms with E-state index in [4.69, 9.17) is 11.6 Å². The zero-order chi connectivity index (χ0) is 16.1. The van der Waals surface area contributed by atoms with Crippen molar-refractivity contribution in [2.24, 2.45) is 0 Å². The van der Waals surface area contributed by atoms with Crippen molar-refractivity contribution in [3.05, 3.63) is 34.9 Å². The van der Waals surface area contributed by atoms with E-state index in [0.29, 0.717) is 25.3 Å². The lowest BCUT2D eigenvalue weighted by atomic mass is 10.1. The molecule has 0 unspecified atom stereocenters. The number of carbonyl (C=O) groups excluding carboxylic acids is 2. The van der Waals surface area contributed by atoms with E-state index in [0.717, 1.165) is 17.0 Å². The molecule has 1 aliphatic carbocycles. The summed E-state index contributed by atoms with van der Waals surface area (Å²) in [6.07, 6.45) is 1.55. The average Bonchev–Trinajstić information content (AvgIpc) is 3.25. The van der Waals surface area contributed by atoms with Gasteiger partial charge < -0.3 is 15.0 Å². The van der Waals surface area contributed by atoms with Gasteiger partial charge >= 0.3 is 6.09 Å². The molecule has 2 rings (SSSR count). The molecule has 5 nitrogen and oxygen atoms in total. The third-order valence-electron chi connectivity index (χ3n) is 3.83. The number of ether oxygens (including phenoxy) is 1. The molecule has 1 fully saturated rings. The highest BCUT2D eigenvalue weighted by atomic mass is 35.5. The van der Waals surface area contributed by atoms with Gasteiger partial charge in [-0.3, -0.25) is 4.79 Å². The summed E-state index contributed by atoms with van der Waals surface area (Å²) in [4.78, 5) is 24.6. The summed E-state index contributed by atoms with van der Waals surface area (Å²) in [6, 6.07) is 7.91. The summed E-state index contributed by atoms with van der Waals surface area (Å²) in [5.41, 5.74) is 1.10. The maximum Gasteiger partial charge on any atom is 0.409 e. The molecule has 0 aliphatic heterocycles. The Bertz CT molecular complexity index is 550. The summed E-state index contributed by atoms with van der Waals surface area (Å²) >= 11 is 6.16. The fraction of sp³-hybridized carbons (Fsp3) is 0.500. The van der Waals surface area contributed by atoms with Gasteiger partial charge in [-0.25, -0.2) is 4.79 Å². The van der Waals surface area contributed by atoms with E-state index < -0.39 is 0 Å². The van der Waals surface area contributed by atoms with Crippen LogP contribution in [-0.2, 0) is 9.53 Å². The zero-order valence-electron chi connectivity index (χ0n) is 12.8. The van der Waals surface area contributed by atoms with Crippen LogP contribution in [0.15, 0.2) is 24.3 Å². The van der Waals surface area contributed by atoms with Crippen molar-refractivity contribution in [1.29, 1.82) is 0 Å². The number of nitrogens with zero attached hydrogens (tertiary/aromatic N) is 1. The predicted octanol–water partition coefficient (Wildman–Crippen LogP) is 2.79. The molecule has 120 valence electrons. The summed E-state index contributed by atoms with van der Waals surface area (Å²) in [5.74, 6) is 0.327. The SMILES string of the molecule is COC(=O)N(C)CCCC(=O)N[C@H]1C[C@H]1c1ccccc1Cl. The predicted molar refractivity (Wildman–Crippen MR) is 85.0 cm³/mol. The first kappa shape index (κ1) is 16.6. The molecule has 1 aliphatic rings. The Morgan fingerprint density at radius 1 is 1.41 bits per heavy atom. The molecular weight excluding hydrogens is 304 g/mol. The monoisotopic (exact) mass is 324 g/mol. The number of amides is 2. The summed E-state index contributed by atoms with van der Waals surface area (Å²) < 4.78 is 4.59. The summed E-state index contributed by atoms with van der Waals surface area (Å²) in [6.45, 7) is 0.499. The number of benzene rings is 1. The number of methoxy groups -OCH3 is 1.